The number of quaternary nitrogens is 2. The molecule has 0 rings (SSSR count). The molecule has 0 aromatic rings. The summed E-state index contributed by atoms with van der Waals surface area (Å²) in [4.78, 5) is 58.9. The molecule has 0 fully saturated rings. The monoisotopic (exact) mass is 756 g/mol. The first kappa shape index (κ1) is 51.9. The normalized spacial score (nSPS) is 12.6. The molecule has 13 nitrogen and oxygen atoms in total. The van der Waals surface area contributed by atoms with Gasteiger partial charge in [0.2, 0.25) is 5.91 Å². The number of allylic oxidation sites excluding steroid dienone is 1. The molecule has 0 radical (unpaired) electrons. The van der Waals surface area contributed by atoms with Crippen LogP contribution in [0.2, 0.25) is 0 Å². The predicted octanol–water partition coefficient (Wildman–Crippen LogP) is -3.01. The van der Waals surface area contributed by atoms with Crippen molar-refractivity contribution in [3.05, 3.63) is 12.2 Å². The van der Waals surface area contributed by atoms with E-state index in [0.29, 0.717) is 41.3 Å². The third-order valence-corrected chi connectivity index (χ3v) is 7.83. The number of hydrogen-bond acceptors (Lipinski definition) is 9. The molecule has 0 aliphatic rings. The van der Waals surface area contributed by atoms with E-state index in [1.54, 1.807) is 0 Å². The summed E-state index contributed by atoms with van der Waals surface area (Å²) in [6, 6.07) is 0. The lowest BCUT2D eigenvalue weighted by Gasteiger charge is -2.30. The van der Waals surface area contributed by atoms with Crippen LogP contribution in [0.1, 0.15) is 97.8 Å². The van der Waals surface area contributed by atoms with Gasteiger partial charge in [-0.05, 0) is 38.5 Å². The summed E-state index contributed by atoms with van der Waals surface area (Å²) < 4.78 is 16.4. The first-order valence-corrected chi connectivity index (χ1v) is 17.5. The fourth-order valence-electron chi connectivity index (χ4n) is 4.87. The molecule has 0 spiro atoms. The second-order valence-corrected chi connectivity index (χ2v) is 13.8. The number of unbranched alkanes of at least 4 members (excludes halogenated alkanes) is 7. The minimum atomic E-state index is -0.775. The fourth-order valence-corrected chi connectivity index (χ4v) is 4.87. The maximum atomic E-state index is 12.7. The van der Waals surface area contributed by atoms with Gasteiger partial charge in [0.05, 0.1) is 41.0 Å². The van der Waals surface area contributed by atoms with E-state index in [9.17, 15) is 29.1 Å². The maximum Gasteiger partial charge on any atom is 0.362 e. The van der Waals surface area contributed by atoms with Gasteiger partial charge < -0.3 is 63.7 Å². The van der Waals surface area contributed by atoms with E-state index in [1.165, 1.54) is 13.8 Å². The summed E-state index contributed by atoms with van der Waals surface area (Å²) in [7, 11) is 7.49. The summed E-state index contributed by atoms with van der Waals surface area (Å²) in [5, 5.41) is 16.2. The van der Waals surface area contributed by atoms with Crippen LogP contribution in [0.3, 0.4) is 0 Å². The van der Waals surface area contributed by atoms with Crippen LogP contribution in [0.25, 0.3) is 0 Å². The van der Waals surface area contributed by atoms with Gasteiger partial charge in [-0.1, -0.05) is 51.2 Å². The van der Waals surface area contributed by atoms with Crippen LogP contribution >= 0.6 is 0 Å². The Hall–Kier alpha value is -2.45. The van der Waals surface area contributed by atoms with Crippen molar-refractivity contribution in [1.29, 1.82) is 0 Å². The van der Waals surface area contributed by atoms with Crippen molar-refractivity contribution in [1.82, 2.24) is 10.6 Å². The predicted molar refractivity (Wildman–Crippen MR) is 184 cm³/mol. The number of carbonyl (C=O) groups is 5. The number of amides is 2. The van der Waals surface area contributed by atoms with E-state index in [2.05, 4.69) is 23.6 Å². The van der Waals surface area contributed by atoms with Gasteiger partial charge in [0.1, 0.15) is 32.4 Å². The van der Waals surface area contributed by atoms with E-state index in [0.717, 1.165) is 57.8 Å². The van der Waals surface area contributed by atoms with Gasteiger partial charge in [-0.15, -0.1) is 0 Å². The SMILES string of the molecule is CCCCCC(OC(=O)C[N+](C)(C)CCOC(C)=O)C(O)C/C=C\CCCCCCCC(=O)NCNC(=O)C[N+](C)(C)CCOC(C)=O.[Cl-].[Cl-]. The second-order valence-electron chi connectivity index (χ2n) is 13.8. The summed E-state index contributed by atoms with van der Waals surface area (Å²) >= 11 is 0. The van der Waals surface area contributed by atoms with E-state index in [4.69, 9.17) is 14.2 Å². The number of aliphatic hydroxyl groups is 1. The molecule has 50 heavy (non-hydrogen) atoms. The van der Waals surface area contributed by atoms with Gasteiger partial charge >= 0.3 is 17.9 Å². The second kappa shape index (κ2) is 30.2. The summed E-state index contributed by atoms with van der Waals surface area (Å²) in [6.45, 7) is 6.70. The Morgan fingerprint density at radius 1 is 0.720 bits per heavy atom. The Balaban J connectivity index is -0.0000110. The molecule has 2 atom stereocenters. The van der Waals surface area contributed by atoms with Crippen molar-refractivity contribution in [2.45, 2.75) is 110 Å². The van der Waals surface area contributed by atoms with Crippen molar-refractivity contribution in [2.24, 2.45) is 0 Å². The number of likely N-dealkylation sites (N-methyl/N-ethyl adjacent to an activating group) is 2. The van der Waals surface area contributed by atoms with Crippen LogP contribution in [-0.2, 0) is 38.2 Å². The highest BCUT2D eigenvalue weighted by molar-refractivity contribution is 5.79. The number of carbonyl (C=O) groups excluding carboxylic acids is 5. The average molecular weight is 758 g/mol. The van der Waals surface area contributed by atoms with Gasteiger partial charge in [-0.2, -0.15) is 0 Å². The number of halogens is 2. The molecule has 0 saturated carbocycles. The Morgan fingerprint density at radius 3 is 1.84 bits per heavy atom. The fraction of sp³-hybridized carbons (Fsp3) is 0.800. The van der Waals surface area contributed by atoms with Crippen LogP contribution < -0.4 is 35.4 Å². The summed E-state index contributed by atoms with van der Waals surface area (Å²) in [6.07, 6.45) is 12.7. The molecular weight excluding hydrogens is 691 g/mol. The number of rotatable bonds is 28. The van der Waals surface area contributed by atoms with Crippen molar-refractivity contribution in [2.75, 3.05) is 74.3 Å². The first-order chi connectivity index (χ1) is 22.6. The Kier molecular flexibility index (Phi) is 31.4. The zero-order valence-corrected chi connectivity index (χ0v) is 33.1. The van der Waals surface area contributed by atoms with E-state index < -0.39 is 12.2 Å². The molecule has 0 aromatic heterocycles. The van der Waals surface area contributed by atoms with Crippen LogP contribution in [0, 0.1) is 0 Å². The van der Waals surface area contributed by atoms with Gasteiger partial charge in [0.25, 0.3) is 5.91 Å². The molecule has 0 heterocycles. The number of aliphatic hydroxyl groups excluding tert-OH is 1. The smallest absolute Gasteiger partial charge is 0.362 e. The zero-order valence-electron chi connectivity index (χ0n) is 31.6. The van der Waals surface area contributed by atoms with Crippen LogP contribution in [-0.4, -0.2) is 130 Å². The highest BCUT2D eigenvalue weighted by Gasteiger charge is 2.27. The van der Waals surface area contributed by atoms with Crippen molar-refractivity contribution in [3.8, 4) is 0 Å². The lowest BCUT2D eigenvalue weighted by molar-refractivity contribution is -0.883. The molecule has 15 heteroatoms. The van der Waals surface area contributed by atoms with Gasteiger partial charge in [0.15, 0.2) is 13.1 Å². The summed E-state index contributed by atoms with van der Waals surface area (Å²) in [5.74, 6) is -1.36. The van der Waals surface area contributed by atoms with Crippen molar-refractivity contribution < 1.29 is 77.1 Å². The molecule has 2 unspecified atom stereocenters. The topological polar surface area (TPSA) is 157 Å². The first-order valence-electron chi connectivity index (χ1n) is 17.5. The molecule has 0 aliphatic heterocycles. The van der Waals surface area contributed by atoms with Crippen LogP contribution in [0.15, 0.2) is 12.2 Å². The Morgan fingerprint density at radius 2 is 1.26 bits per heavy atom. The van der Waals surface area contributed by atoms with Crippen LogP contribution in [0.4, 0.5) is 0 Å². The number of nitrogens with one attached hydrogen (secondary N) is 2. The number of hydrogen-bond donors (Lipinski definition) is 3. The largest absolute Gasteiger partial charge is 1.00 e. The zero-order chi connectivity index (χ0) is 36.4. The number of esters is 3. The highest BCUT2D eigenvalue weighted by Crippen LogP contribution is 2.16. The lowest BCUT2D eigenvalue weighted by atomic mass is 10.0. The molecule has 0 bridgehead atoms. The molecule has 0 aliphatic carbocycles. The highest BCUT2D eigenvalue weighted by atomic mass is 35.5. The molecule has 3 N–H and O–H groups in total. The standard InChI is InChI=1S/C35H64N4O9.2ClH/c1-8-9-16-20-32(48-35(45)27-39(6,7)23-25-47-30(3)41)31(42)19-17-14-12-10-11-13-15-18-21-33(43)36-28-37-34(44)26-38(4,5)22-24-46-29(2)40;;/h14,17,31-32,42H,8-13,15-16,18-28H2,1-7H3;2*1H/b17-14-;;. The third-order valence-electron chi connectivity index (χ3n) is 7.83. The minimum Gasteiger partial charge on any atom is -1.00 e. The van der Waals surface area contributed by atoms with E-state index >= 15 is 0 Å². The van der Waals surface area contributed by atoms with E-state index in [1.807, 2.05) is 34.3 Å². The Labute approximate surface area is 313 Å². The van der Waals surface area contributed by atoms with Crippen molar-refractivity contribution >= 4 is 29.7 Å². The number of ether oxygens (including phenoxy) is 3. The molecule has 0 saturated heterocycles. The molecule has 294 valence electrons. The maximum absolute atomic E-state index is 12.7. The average Bonchev–Trinajstić information content (AvgIpc) is 2.96. The quantitative estimate of drug-likeness (QED) is 0.0189. The lowest BCUT2D eigenvalue weighted by Crippen LogP contribution is -3.00. The van der Waals surface area contributed by atoms with E-state index in [-0.39, 0.29) is 87.5 Å². The molecular formula is C35H66Cl2N4O9. The third kappa shape index (κ3) is 31.5. The summed E-state index contributed by atoms with van der Waals surface area (Å²) in [5.41, 5.74) is 0. The minimum absolute atomic E-state index is 0. The molecule has 2 amide bonds. The molecule has 0 aromatic carbocycles. The van der Waals surface area contributed by atoms with Crippen LogP contribution in [0.5, 0.6) is 0 Å². The number of nitrogens with zero attached hydrogens (tertiary/aromatic N) is 2. The van der Waals surface area contributed by atoms with Gasteiger partial charge in [0, 0.05) is 20.3 Å². The van der Waals surface area contributed by atoms with Gasteiger partial charge in [-0.3, -0.25) is 19.2 Å². The Bertz CT molecular complexity index is 997. The van der Waals surface area contributed by atoms with Crippen molar-refractivity contribution in [3.63, 3.8) is 0 Å². The van der Waals surface area contributed by atoms with Gasteiger partial charge in [-0.25, -0.2) is 4.79 Å².